The highest BCUT2D eigenvalue weighted by Crippen LogP contribution is 2.18. The molecule has 0 aromatic carbocycles. The van der Waals surface area contributed by atoms with Gasteiger partial charge in [-0.2, -0.15) is 0 Å². The van der Waals surface area contributed by atoms with E-state index in [0.29, 0.717) is 6.54 Å². The Morgan fingerprint density at radius 3 is 1.52 bits per heavy atom. The number of quaternary nitrogens is 1. The second kappa shape index (κ2) is 17.7. The first-order chi connectivity index (χ1) is 12.7. The summed E-state index contributed by atoms with van der Waals surface area (Å²) in [6.07, 6.45) is 26.7. The fraction of sp³-hybridized carbons (Fsp3) is 0.870. The van der Waals surface area contributed by atoms with E-state index in [2.05, 4.69) is 11.9 Å². The first-order valence-electron chi connectivity index (χ1n) is 11.6. The van der Waals surface area contributed by atoms with Crippen molar-refractivity contribution >= 4 is 5.84 Å². The number of aliphatic imine (C=N–C) groups is 1. The minimum Gasteiger partial charge on any atom is -1.00 e. The van der Waals surface area contributed by atoms with E-state index in [1.165, 1.54) is 96.3 Å². The Hall–Kier alpha value is -0.380. The van der Waals surface area contributed by atoms with E-state index in [4.69, 9.17) is 0 Å². The topological polar surface area (TPSA) is 32.6 Å². The molecule has 0 aromatic rings. The van der Waals surface area contributed by atoms with E-state index in [0.717, 1.165) is 18.7 Å². The molecule has 0 amide bonds. The maximum absolute atomic E-state index is 10.3. The van der Waals surface area contributed by atoms with Gasteiger partial charge in [-0.1, -0.05) is 103 Å². The third-order valence-corrected chi connectivity index (χ3v) is 5.72. The Morgan fingerprint density at radius 2 is 1.11 bits per heavy atom. The number of unbranched alkanes of at least 4 members (excludes halogenated alkanes) is 15. The number of nitrogens with zero attached hydrogens (tertiary/aromatic N) is 2. The van der Waals surface area contributed by atoms with Crippen molar-refractivity contribution in [2.75, 3.05) is 6.54 Å². The lowest BCUT2D eigenvalue weighted by molar-refractivity contribution is -0.987. The molecule has 1 N–H and O–H groups in total. The Balaban J connectivity index is 0.00000676. The maximum atomic E-state index is 10.3. The van der Waals surface area contributed by atoms with Crippen LogP contribution in [0, 0.1) is 0 Å². The fourth-order valence-electron chi connectivity index (χ4n) is 3.79. The van der Waals surface area contributed by atoms with Crippen LogP contribution in [0.3, 0.4) is 0 Å². The fourth-order valence-corrected chi connectivity index (χ4v) is 3.79. The zero-order chi connectivity index (χ0) is 18.9. The molecule has 0 aliphatic carbocycles. The second-order valence-corrected chi connectivity index (χ2v) is 8.04. The number of hydrogen-bond donors (Lipinski definition) is 1. The quantitative estimate of drug-likeness (QED) is 0.261. The zero-order valence-corrected chi connectivity index (χ0v) is 18.9. The molecular weight excluding hydrogens is 356 g/mol. The van der Waals surface area contributed by atoms with E-state index >= 15 is 0 Å². The largest absolute Gasteiger partial charge is 1.00 e. The summed E-state index contributed by atoms with van der Waals surface area (Å²) in [6, 6.07) is 0. The Morgan fingerprint density at radius 1 is 0.704 bits per heavy atom. The van der Waals surface area contributed by atoms with Crippen molar-refractivity contribution in [3.05, 3.63) is 12.4 Å². The van der Waals surface area contributed by atoms with E-state index in [9.17, 15) is 5.21 Å². The molecular formula is C23H45ClN2O. The van der Waals surface area contributed by atoms with Gasteiger partial charge in [-0.3, -0.25) is 0 Å². The molecule has 1 aliphatic heterocycles. The SMILES string of the molecule is CCCCCCCCCCCCCCCCCCC1=NC=C[N+]1(O)CC.[Cl-]. The highest BCUT2D eigenvalue weighted by Gasteiger charge is 2.31. The van der Waals surface area contributed by atoms with Gasteiger partial charge in [-0.15, -0.1) is 4.65 Å². The van der Waals surface area contributed by atoms with Crippen LogP contribution in [0.15, 0.2) is 17.4 Å². The van der Waals surface area contributed by atoms with Crippen LogP contribution in [0.2, 0.25) is 0 Å². The Kier molecular flexibility index (Phi) is 17.5. The summed E-state index contributed by atoms with van der Waals surface area (Å²) < 4.78 is -0.0707. The average Bonchev–Trinajstić information content (AvgIpc) is 3.02. The molecule has 27 heavy (non-hydrogen) atoms. The molecule has 4 heteroatoms. The average molecular weight is 401 g/mol. The van der Waals surface area contributed by atoms with Crippen LogP contribution in [0.25, 0.3) is 0 Å². The van der Waals surface area contributed by atoms with E-state index in [1.54, 1.807) is 12.4 Å². The molecule has 0 aromatic heterocycles. The molecule has 0 spiro atoms. The number of hydrogen-bond acceptors (Lipinski definition) is 2. The summed E-state index contributed by atoms with van der Waals surface area (Å²) in [5.74, 6) is 0.915. The smallest absolute Gasteiger partial charge is 0.240 e. The highest BCUT2D eigenvalue weighted by atomic mass is 35.5. The molecule has 3 nitrogen and oxygen atoms in total. The summed E-state index contributed by atoms with van der Waals surface area (Å²) in [5, 5.41) is 10.3. The van der Waals surface area contributed by atoms with E-state index < -0.39 is 0 Å². The molecule has 0 bridgehead atoms. The van der Waals surface area contributed by atoms with Crippen molar-refractivity contribution in [2.45, 2.75) is 123 Å². The number of amidine groups is 1. The Labute approximate surface area is 175 Å². The first kappa shape index (κ1) is 26.6. The van der Waals surface area contributed by atoms with Gasteiger partial charge in [0.15, 0.2) is 6.20 Å². The molecule has 1 atom stereocenters. The van der Waals surface area contributed by atoms with Crippen molar-refractivity contribution in [1.82, 2.24) is 0 Å². The highest BCUT2D eigenvalue weighted by molar-refractivity contribution is 5.77. The maximum Gasteiger partial charge on any atom is 0.240 e. The summed E-state index contributed by atoms with van der Waals surface area (Å²) in [6.45, 7) is 4.96. The minimum atomic E-state index is -0.0707. The lowest BCUT2D eigenvalue weighted by Crippen LogP contribution is -3.00. The number of halogens is 1. The van der Waals surface area contributed by atoms with Gasteiger partial charge in [0.05, 0.1) is 6.20 Å². The third kappa shape index (κ3) is 12.6. The van der Waals surface area contributed by atoms with E-state index in [-0.39, 0.29) is 17.1 Å². The Bertz CT molecular complexity index is 398. The van der Waals surface area contributed by atoms with Crippen LogP contribution in [-0.4, -0.2) is 22.2 Å². The van der Waals surface area contributed by atoms with Crippen molar-refractivity contribution < 1.29 is 22.3 Å². The molecule has 1 rings (SSSR count). The summed E-state index contributed by atoms with van der Waals surface area (Å²) in [7, 11) is 0. The minimum absolute atomic E-state index is 0. The third-order valence-electron chi connectivity index (χ3n) is 5.72. The van der Waals surface area contributed by atoms with Gasteiger partial charge in [0, 0.05) is 6.42 Å². The molecule has 0 radical (unpaired) electrons. The molecule has 160 valence electrons. The van der Waals surface area contributed by atoms with Crippen molar-refractivity contribution in [3.63, 3.8) is 0 Å². The lowest BCUT2D eigenvalue weighted by Gasteiger charge is -2.21. The number of hydroxylamine groups is 3. The number of rotatable bonds is 18. The van der Waals surface area contributed by atoms with Crippen LogP contribution in [0.1, 0.15) is 123 Å². The predicted molar refractivity (Wildman–Crippen MR) is 113 cm³/mol. The van der Waals surface area contributed by atoms with Gasteiger partial charge in [0.2, 0.25) is 5.84 Å². The summed E-state index contributed by atoms with van der Waals surface area (Å²) >= 11 is 0. The standard InChI is InChI=1S/C23H45N2O.ClH/c1-3-5-6-7-8-9-10-11-12-13-14-15-16-17-18-19-20-23-24-21-22-25(23,26)4-2;/h21-22,26H,3-20H2,1-2H3;1H/q+1;/p-1. The van der Waals surface area contributed by atoms with Crippen LogP contribution < -0.4 is 12.4 Å². The van der Waals surface area contributed by atoms with Crippen LogP contribution in [0.5, 0.6) is 0 Å². The van der Waals surface area contributed by atoms with Crippen molar-refractivity contribution in [2.24, 2.45) is 4.99 Å². The molecule has 1 heterocycles. The first-order valence-corrected chi connectivity index (χ1v) is 11.6. The van der Waals surface area contributed by atoms with Gasteiger partial charge >= 0.3 is 0 Å². The molecule has 1 aliphatic rings. The molecule has 0 saturated carbocycles. The van der Waals surface area contributed by atoms with Gasteiger partial charge in [0.1, 0.15) is 6.54 Å². The monoisotopic (exact) mass is 400 g/mol. The van der Waals surface area contributed by atoms with Crippen LogP contribution >= 0.6 is 0 Å². The molecule has 1 unspecified atom stereocenters. The van der Waals surface area contributed by atoms with Gasteiger partial charge in [-0.25, -0.2) is 10.2 Å². The van der Waals surface area contributed by atoms with E-state index in [1.807, 2.05) is 6.92 Å². The lowest BCUT2D eigenvalue weighted by atomic mass is 10.0. The summed E-state index contributed by atoms with van der Waals surface area (Å²) in [5.41, 5.74) is 0. The second-order valence-electron chi connectivity index (χ2n) is 8.04. The predicted octanol–water partition coefficient (Wildman–Crippen LogP) is 4.75. The van der Waals surface area contributed by atoms with Crippen molar-refractivity contribution in [1.29, 1.82) is 0 Å². The van der Waals surface area contributed by atoms with Gasteiger partial charge in [-0.05, 0) is 13.3 Å². The zero-order valence-electron chi connectivity index (χ0n) is 18.1. The summed E-state index contributed by atoms with van der Waals surface area (Å²) in [4.78, 5) is 4.33. The van der Waals surface area contributed by atoms with Crippen LogP contribution in [-0.2, 0) is 0 Å². The van der Waals surface area contributed by atoms with Gasteiger partial charge in [0.25, 0.3) is 0 Å². The van der Waals surface area contributed by atoms with Crippen LogP contribution in [0.4, 0.5) is 0 Å². The van der Waals surface area contributed by atoms with Crippen molar-refractivity contribution in [3.8, 4) is 0 Å². The normalized spacial score (nSPS) is 18.6. The molecule has 0 saturated heterocycles. The van der Waals surface area contributed by atoms with Gasteiger partial charge < -0.3 is 12.4 Å². The molecule has 0 fully saturated rings.